The summed E-state index contributed by atoms with van der Waals surface area (Å²) in [6.07, 6.45) is 2.72. The lowest BCUT2D eigenvalue weighted by Gasteiger charge is -2.34. The monoisotopic (exact) mass is 282 g/mol. The molecule has 112 valence electrons. The predicted octanol–water partition coefficient (Wildman–Crippen LogP) is 3.83. The van der Waals surface area contributed by atoms with E-state index >= 15 is 0 Å². The maximum Gasteiger partial charge on any atom is 0.0453 e. The third-order valence-corrected chi connectivity index (χ3v) is 4.73. The molecule has 2 atom stereocenters. The van der Waals surface area contributed by atoms with Gasteiger partial charge in [-0.1, -0.05) is 49.4 Å². The molecule has 2 nitrogen and oxygen atoms in total. The molecule has 1 aliphatic heterocycles. The number of hydrogen-bond acceptors (Lipinski definition) is 2. The maximum atomic E-state index is 3.53. The summed E-state index contributed by atoms with van der Waals surface area (Å²) in [6, 6.07) is 15.8. The van der Waals surface area contributed by atoms with Crippen molar-refractivity contribution in [3.8, 4) is 0 Å². The van der Waals surface area contributed by atoms with Crippen molar-refractivity contribution in [1.29, 1.82) is 0 Å². The Bertz CT molecular complexity index is 588. The Morgan fingerprint density at radius 2 is 2.00 bits per heavy atom. The molecule has 2 heteroatoms. The number of rotatable bonds is 4. The van der Waals surface area contributed by atoms with Crippen molar-refractivity contribution in [3.63, 3.8) is 0 Å². The lowest BCUT2D eigenvalue weighted by Crippen LogP contribution is -2.39. The second-order valence-corrected chi connectivity index (χ2v) is 6.42. The van der Waals surface area contributed by atoms with Crippen molar-refractivity contribution in [2.75, 3.05) is 26.7 Å². The van der Waals surface area contributed by atoms with Gasteiger partial charge in [-0.25, -0.2) is 0 Å². The number of piperidine rings is 1. The van der Waals surface area contributed by atoms with Crippen LogP contribution in [0.3, 0.4) is 0 Å². The first-order chi connectivity index (χ1) is 10.3. The molecule has 1 heterocycles. The SMILES string of the molecule is CNC(CN1CCCC(C)C1)c1cccc2ccccc12. The highest BCUT2D eigenvalue weighted by Gasteiger charge is 2.21. The number of hydrogen-bond donors (Lipinski definition) is 1. The third kappa shape index (κ3) is 3.28. The number of likely N-dealkylation sites (tertiary alicyclic amines) is 1. The molecule has 0 saturated carbocycles. The lowest BCUT2D eigenvalue weighted by atomic mass is 9.96. The maximum absolute atomic E-state index is 3.53. The molecule has 2 unspecified atom stereocenters. The van der Waals surface area contributed by atoms with Crippen LogP contribution in [0.2, 0.25) is 0 Å². The fourth-order valence-electron chi connectivity index (χ4n) is 3.61. The normalized spacial score (nSPS) is 21.5. The molecule has 1 aliphatic rings. The molecule has 1 fully saturated rings. The zero-order valence-electron chi connectivity index (χ0n) is 13.2. The zero-order valence-corrected chi connectivity index (χ0v) is 13.2. The topological polar surface area (TPSA) is 15.3 Å². The summed E-state index contributed by atoms with van der Waals surface area (Å²) in [4.78, 5) is 2.62. The van der Waals surface area contributed by atoms with Crippen LogP contribution in [0.4, 0.5) is 0 Å². The average Bonchev–Trinajstić information content (AvgIpc) is 2.52. The molecule has 1 saturated heterocycles. The second-order valence-electron chi connectivity index (χ2n) is 6.42. The number of nitrogens with zero attached hydrogens (tertiary/aromatic N) is 1. The molecule has 0 spiro atoms. The largest absolute Gasteiger partial charge is 0.312 e. The molecule has 21 heavy (non-hydrogen) atoms. The highest BCUT2D eigenvalue weighted by molar-refractivity contribution is 5.86. The molecular weight excluding hydrogens is 256 g/mol. The van der Waals surface area contributed by atoms with Gasteiger partial charge in [-0.2, -0.15) is 0 Å². The molecule has 0 bridgehead atoms. The fraction of sp³-hybridized carbons (Fsp3) is 0.474. The van der Waals surface area contributed by atoms with E-state index in [2.05, 4.69) is 66.7 Å². The first-order valence-electron chi connectivity index (χ1n) is 8.15. The van der Waals surface area contributed by atoms with Gasteiger partial charge in [0.05, 0.1) is 0 Å². The molecule has 2 aromatic carbocycles. The molecule has 0 aromatic heterocycles. The molecule has 2 aromatic rings. The van der Waals surface area contributed by atoms with Crippen LogP contribution in [0.25, 0.3) is 10.8 Å². The molecule has 1 N–H and O–H groups in total. The molecule has 0 aliphatic carbocycles. The number of nitrogens with one attached hydrogen (secondary N) is 1. The smallest absolute Gasteiger partial charge is 0.0453 e. The van der Waals surface area contributed by atoms with E-state index in [0.717, 1.165) is 12.5 Å². The van der Waals surface area contributed by atoms with Crippen molar-refractivity contribution in [2.45, 2.75) is 25.8 Å². The minimum Gasteiger partial charge on any atom is -0.312 e. The molecule has 0 radical (unpaired) electrons. The zero-order chi connectivity index (χ0) is 14.7. The predicted molar refractivity (Wildman–Crippen MR) is 90.6 cm³/mol. The van der Waals surface area contributed by atoms with E-state index < -0.39 is 0 Å². The van der Waals surface area contributed by atoms with Gasteiger partial charge in [0.1, 0.15) is 0 Å². The third-order valence-electron chi connectivity index (χ3n) is 4.73. The van der Waals surface area contributed by atoms with Crippen LogP contribution in [0.15, 0.2) is 42.5 Å². The van der Waals surface area contributed by atoms with E-state index in [-0.39, 0.29) is 0 Å². The van der Waals surface area contributed by atoms with Crippen molar-refractivity contribution in [1.82, 2.24) is 10.2 Å². The summed E-state index contributed by atoms with van der Waals surface area (Å²) in [5, 5.41) is 6.25. The molecule has 3 rings (SSSR count). The van der Waals surface area contributed by atoms with Crippen molar-refractivity contribution < 1.29 is 0 Å². The number of likely N-dealkylation sites (N-methyl/N-ethyl adjacent to an activating group) is 1. The van der Waals surface area contributed by atoms with Crippen molar-refractivity contribution >= 4 is 10.8 Å². The highest BCUT2D eigenvalue weighted by Crippen LogP contribution is 2.26. The second kappa shape index (κ2) is 6.59. The van der Waals surface area contributed by atoms with Gasteiger partial charge in [-0.05, 0) is 48.7 Å². The Morgan fingerprint density at radius 3 is 2.81 bits per heavy atom. The minimum atomic E-state index is 0.404. The Kier molecular flexibility index (Phi) is 4.57. The standard InChI is InChI=1S/C19H26N2/c1-15-7-6-12-21(13-15)14-19(20-2)18-11-5-9-16-8-3-4-10-17(16)18/h3-5,8-11,15,19-20H,6-7,12-14H2,1-2H3. The molecular formula is C19H26N2. The van der Waals surface area contributed by atoms with Crippen LogP contribution in [-0.2, 0) is 0 Å². The van der Waals surface area contributed by atoms with E-state index in [1.807, 2.05) is 0 Å². The summed E-state index contributed by atoms with van der Waals surface area (Å²) in [7, 11) is 2.08. The average molecular weight is 282 g/mol. The van der Waals surface area contributed by atoms with E-state index in [1.54, 1.807) is 0 Å². The quantitative estimate of drug-likeness (QED) is 0.917. The van der Waals surface area contributed by atoms with Gasteiger partial charge in [0.25, 0.3) is 0 Å². The lowest BCUT2D eigenvalue weighted by molar-refractivity contribution is 0.169. The number of benzene rings is 2. The first kappa shape index (κ1) is 14.6. The summed E-state index contributed by atoms with van der Waals surface area (Å²) in [5.41, 5.74) is 1.42. The van der Waals surface area contributed by atoms with Crippen LogP contribution in [0, 0.1) is 5.92 Å². The van der Waals surface area contributed by atoms with Crippen LogP contribution in [-0.4, -0.2) is 31.6 Å². The Morgan fingerprint density at radius 1 is 1.19 bits per heavy atom. The first-order valence-corrected chi connectivity index (χ1v) is 8.15. The number of fused-ring (bicyclic) bond motifs is 1. The Labute approximate surface area is 128 Å². The minimum absolute atomic E-state index is 0.404. The fourth-order valence-corrected chi connectivity index (χ4v) is 3.61. The van der Waals surface area contributed by atoms with Gasteiger partial charge >= 0.3 is 0 Å². The van der Waals surface area contributed by atoms with E-state index in [9.17, 15) is 0 Å². The van der Waals surface area contributed by atoms with Crippen LogP contribution < -0.4 is 5.32 Å². The highest BCUT2D eigenvalue weighted by atomic mass is 15.2. The van der Waals surface area contributed by atoms with Gasteiger partial charge in [0.2, 0.25) is 0 Å². The summed E-state index contributed by atoms with van der Waals surface area (Å²) >= 11 is 0. The van der Waals surface area contributed by atoms with Gasteiger partial charge in [0.15, 0.2) is 0 Å². The van der Waals surface area contributed by atoms with E-state index in [4.69, 9.17) is 0 Å². The summed E-state index contributed by atoms with van der Waals surface area (Å²) < 4.78 is 0. The van der Waals surface area contributed by atoms with Crippen molar-refractivity contribution in [2.24, 2.45) is 5.92 Å². The van der Waals surface area contributed by atoms with E-state index in [0.29, 0.717) is 6.04 Å². The van der Waals surface area contributed by atoms with Gasteiger partial charge in [-0.3, -0.25) is 0 Å². The van der Waals surface area contributed by atoms with Crippen molar-refractivity contribution in [3.05, 3.63) is 48.0 Å². The van der Waals surface area contributed by atoms with Crippen LogP contribution in [0.5, 0.6) is 0 Å². The summed E-state index contributed by atoms with van der Waals surface area (Å²) in [5.74, 6) is 0.837. The van der Waals surface area contributed by atoms with E-state index in [1.165, 1.54) is 42.3 Å². The summed E-state index contributed by atoms with van der Waals surface area (Å²) in [6.45, 7) is 5.96. The Balaban J connectivity index is 1.84. The van der Waals surface area contributed by atoms with Crippen LogP contribution >= 0.6 is 0 Å². The van der Waals surface area contributed by atoms with Gasteiger partial charge in [0, 0.05) is 19.1 Å². The van der Waals surface area contributed by atoms with Gasteiger partial charge in [-0.15, -0.1) is 0 Å². The van der Waals surface area contributed by atoms with Gasteiger partial charge < -0.3 is 10.2 Å². The Hall–Kier alpha value is -1.38. The molecule has 0 amide bonds. The van der Waals surface area contributed by atoms with Crippen LogP contribution in [0.1, 0.15) is 31.4 Å².